The van der Waals surface area contributed by atoms with E-state index in [0.717, 1.165) is 29.4 Å². The van der Waals surface area contributed by atoms with E-state index in [4.69, 9.17) is 4.74 Å². The number of hydrogen-bond acceptors (Lipinski definition) is 2. The predicted octanol–water partition coefficient (Wildman–Crippen LogP) is 1.38. The van der Waals surface area contributed by atoms with Crippen LogP contribution in [0.4, 0.5) is 0 Å². The van der Waals surface area contributed by atoms with E-state index in [1.54, 1.807) is 0 Å². The molecule has 2 rings (SSSR count). The fourth-order valence-corrected chi connectivity index (χ4v) is 3.80. The number of quaternary nitrogens is 1. The van der Waals surface area contributed by atoms with E-state index in [2.05, 4.69) is 20.9 Å². The molecular weight excluding hydrogens is 378 g/mol. The van der Waals surface area contributed by atoms with Crippen molar-refractivity contribution in [3.8, 4) is 0 Å². The van der Waals surface area contributed by atoms with Crippen molar-refractivity contribution >= 4 is 5.97 Å². The fraction of sp³-hybridized carbons (Fsp3) is 0.667. The van der Waals surface area contributed by atoms with Crippen LogP contribution in [-0.2, 0) is 9.53 Å². The lowest BCUT2D eigenvalue weighted by Gasteiger charge is -2.37. The van der Waals surface area contributed by atoms with Crippen molar-refractivity contribution in [1.29, 1.82) is 0 Å². The highest BCUT2D eigenvalue weighted by molar-refractivity contribution is 5.78. The van der Waals surface area contributed by atoms with Gasteiger partial charge in [-0.15, -0.1) is 0 Å². The van der Waals surface area contributed by atoms with Gasteiger partial charge in [0, 0.05) is 6.42 Å². The number of carbonyl (C=O) groups is 1. The van der Waals surface area contributed by atoms with Gasteiger partial charge in [0.25, 0.3) is 0 Å². The average Bonchev–Trinajstić information content (AvgIpc) is 2.60. The standard InChI is InChI=1S/C21H34NO2.BrH/c1-4-18(2)20(19-12-7-5-8-13-19)21(23)24-17-11-16-22(3)14-9-6-10-15-22;/h5,7-8,12-13,18,20H,4,6,9-11,14-17H2,1-3H3;1H/q+1;/p-1. The highest BCUT2D eigenvalue weighted by Crippen LogP contribution is 2.28. The Bertz CT molecular complexity index is 500. The first-order valence-electron chi connectivity index (χ1n) is 9.61. The molecule has 1 aliphatic rings. The second kappa shape index (κ2) is 11.0. The van der Waals surface area contributed by atoms with Gasteiger partial charge in [0.1, 0.15) is 0 Å². The molecule has 0 amide bonds. The summed E-state index contributed by atoms with van der Waals surface area (Å²) in [7, 11) is 2.34. The van der Waals surface area contributed by atoms with Crippen molar-refractivity contribution in [1.82, 2.24) is 0 Å². The molecule has 1 heterocycles. The van der Waals surface area contributed by atoms with Crippen LogP contribution in [0.25, 0.3) is 0 Å². The van der Waals surface area contributed by atoms with Gasteiger partial charge in [-0.1, -0.05) is 50.6 Å². The van der Waals surface area contributed by atoms with Gasteiger partial charge in [0.15, 0.2) is 0 Å². The van der Waals surface area contributed by atoms with Gasteiger partial charge in [-0.25, -0.2) is 0 Å². The third-order valence-electron chi connectivity index (χ3n) is 5.61. The number of carbonyl (C=O) groups excluding carboxylic acids is 1. The molecule has 142 valence electrons. The largest absolute Gasteiger partial charge is 1.00 e. The Balaban J connectivity index is 0.00000312. The molecule has 3 nitrogen and oxygen atoms in total. The monoisotopic (exact) mass is 411 g/mol. The van der Waals surface area contributed by atoms with Crippen LogP contribution in [0.3, 0.4) is 0 Å². The lowest BCUT2D eigenvalue weighted by Crippen LogP contribution is -3.00. The van der Waals surface area contributed by atoms with Crippen LogP contribution >= 0.6 is 0 Å². The third kappa shape index (κ3) is 6.74. The van der Waals surface area contributed by atoms with Gasteiger partial charge in [-0.2, -0.15) is 0 Å². The van der Waals surface area contributed by atoms with Crippen molar-refractivity contribution in [3.05, 3.63) is 35.9 Å². The summed E-state index contributed by atoms with van der Waals surface area (Å²) in [6, 6.07) is 10.1. The third-order valence-corrected chi connectivity index (χ3v) is 5.61. The van der Waals surface area contributed by atoms with E-state index < -0.39 is 0 Å². The van der Waals surface area contributed by atoms with Crippen LogP contribution < -0.4 is 17.0 Å². The van der Waals surface area contributed by atoms with Crippen molar-refractivity contribution in [2.75, 3.05) is 33.3 Å². The number of halogens is 1. The summed E-state index contributed by atoms with van der Waals surface area (Å²) in [6.45, 7) is 8.48. The molecule has 0 aromatic heterocycles. The Morgan fingerprint density at radius 2 is 1.80 bits per heavy atom. The maximum Gasteiger partial charge on any atom is 0.313 e. The van der Waals surface area contributed by atoms with Gasteiger partial charge >= 0.3 is 5.97 Å². The van der Waals surface area contributed by atoms with E-state index in [-0.39, 0.29) is 28.9 Å². The van der Waals surface area contributed by atoms with Crippen molar-refractivity contribution in [3.63, 3.8) is 0 Å². The second-order valence-electron chi connectivity index (χ2n) is 7.65. The summed E-state index contributed by atoms with van der Waals surface area (Å²) in [4.78, 5) is 12.6. The summed E-state index contributed by atoms with van der Waals surface area (Å²) in [5, 5.41) is 0. The van der Waals surface area contributed by atoms with Crippen LogP contribution in [0.1, 0.15) is 57.4 Å². The molecule has 0 aliphatic carbocycles. The molecule has 1 aliphatic heterocycles. The molecule has 1 saturated heterocycles. The number of benzene rings is 1. The number of esters is 1. The number of piperidine rings is 1. The summed E-state index contributed by atoms with van der Waals surface area (Å²) in [5.41, 5.74) is 1.08. The zero-order chi connectivity index (χ0) is 17.4. The molecule has 2 atom stereocenters. The number of nitrogens with zero attached hydrogens (tertiary/aromatic N) is 1. The molecule has 1 aromatic carbocycles. The minimum Gasteiger partial charge on any atom is -1.00 e. The van der Waals surface area contributed by atoms with Gasteiger partial charge in [0.05, 0.1) is 39.2 Å². The van der Waals surface area contributed by atoms with Crippen LogP contribution in [0.5, 0.6) is 0 Å². The summed E-state index contributed by atoms with van der Waals surface area (Å²) in [6.07, 6.45) is 5.98. The van der Waals surface area contributed by atoms with E-state index in [1.807, 2.05) is 30.3 Å². The average molecular weight is 412 g/mol. The van der Waals surface area contributed by atoms with E-state index in [0.29, 0.717) is 12.5 Å². The Labute approximate surface area is 164 Å². The quantitative estimate of drug-likeness (QED) is 0.367. The lowest BCUT2D eigenvalue weighted by atomic mass is 9.86. The Kier molecular flexibility index (Phi) is 9.73. The Morgan fingerprint density at radius 1 is 1.16 bits per heavy atom. The Hall–Kier alpha value is -0.870. The minimum absolute atomic E-state index is 0. The molecule has 2 unspecified atom stereocenters. The van der Waals surface area contributed by atoms with E-state index in [1.165, 1.54) is 32.4 Å². The molecule has 25 heavy (non-hydrogen) atoms. The predicted molar refractivity (Wildman–Crippen MR) is 98.9 cm³/mol. The van der Waals surface area contributed by atoms with Crippen molar-refractivity contribution < 1.29 is 31.0 Å². The zero-order valence-corrected chi connectivity index (χ0v) is 17.6. The molecule has 0 N–H and O–H groups in total. The first kappa shape index (κ1) is 22.2. The summed E-state index contributed by atoms with van der Waals surface area (Å²) in [5.74, 6) is 0.0966. The highest BCUT2D eigenvalue weighted by atomic mass is 79.9. The van der Waals surface area contributed by atoms with Crippen LogP contribution in [0, 0.1) is 5.92 Å². The zero-order valence-electron chi connectivity index (χ0n) is 16.0. The lowest BCUT2D eigenvalue weighted by molar-refractivity contribution is -0.914. The second-order valence-corrected chi connectivity index (χ2v) is 7.65. The number of hydrogen-bond donors (Lipinski definition) is 0. The van der Waals surface area contributed by atoms with Gasteiger partial charge in [0.2, 0.25) is 0 Å². The normalized spacial score (nSPS) is 18.7. The SMILES string of the molecule is CCC(C)C(C(=O)OCCC[N+]1(C)CCCCC1)c1ccccc1.[Br-]. The van der Waals surface area contributed by atoms with E-state index in [9.17, 15) is 4.79 Å². The summed E-state index contributed by atoms with van der Waals surface area (Å²) < 4.78 is 6.81. The molecule has 0 radical (unpaired) electrons. The highest BCUT2D eigenvalue weighted by Gasteiger charge is 2.28. The molecule has 0 spiro atoms. The topological polar surface area (TPSA) is 26.3 Å². The fourth-order valence-electron chi connectivity index (χ4n) is 3.80. The smallest absolute Gasteiger partial charge is 0.313 e. The molecule has 4 heteroatoms. The van der Waals surface area contributed by atoms with Crippen LogP contribution in [-0.4, -0.2) is 43.7 Å². The number of rotatable bonds is 8. The first-order valence-corrected chi connectivity index (χ1v) is 9.61. The van der Waals surface area contributed by atoms with Crippen LogP contribution in [0.15, 0.2) is 30.3 Å². The van der Waals surface area contributed by atoms with Crippen molar-refractivity contribution in [2.45, 2.75) is 51.9 Å². The maximum absolute atomic E-state index is 12.6. The molecule has 1 fully saturated rings. The number of likely N-dealkylation sites (tertiary alicyclic amines) is 1. The Morgan fingerprint density at radius 3 is 2.40 bits per heavy atom. The van der Waals surface area contributed by atoms with Gasteiger partial charge < -0.3 is 26.2 Å². The van der Waals surface area contributed by atoms with Gasteiger partial charge in [-0.05, 0) is 30.7 Å². The molecular formula is C21H34BrNO2. The summed E-state index contributed by atoms with van der Waals surface area (Å²) >= 11 is 0. The maximum atomic E-state index is 12.6. The molecule has 1 aromatic rings. The molecule has 0 saturated carbocycles. The first-order chi connectivity index (χ1) is 11.6. The van der Waals surface area contributed by atoms with E-state index >= 15 is 0 Å². The van der Waals surface area contributed by atoms with Crippen molar-refractivity contribution in [2.24, 2.45) is 5.92 Å². The van der Waals surface area contributed by atoms with Gasteiger partial charge in [-0.3, -0.25) is 4.79 Å². The number of ether oxygens (including phenoxy) is 1. The minimum atomic E-state index is -0.143. The molecule has 0 bridgehead atoms. The van der Waals surface area contributed by atoms with Crippen LogP contribution in [0.2, 0.25) is 0 Å².